The third-order valence-corrected chi connectivity index (χ3v) is 6.73. The third-order valence-electron chi connectivity index (χ3n) is 4.56. The van der Waals surface area contributed by atoms with E-state index in [0.717, 1.165) is 27.4 Å². The third kappa shape index (κ3) is 3.38. The predicted octanol–water partition coefficient (Wildman–Crippen LogP) is 5.57. The summed E-state index contributed by atoms with van der Waals surface area (Å²) < 4.78 is 30.3. The molecular weight excluding hydrogens is 424 g/mol. The molecule has 0 N–H and O–H groups in total. The van der Waals surface area contributed by atoms with Crippen molar-refractivity contribution in [2.24, 2.45) is 0 Å². The number of fused-ring (bicyclic) bond motifs is 2. The fraction of sp³-hybridized carbons (Fsp3) is 0.0455. The molecule has 2 heterocycles. The molecule has 148 valence electrons. The van der Waals surface area contributed by atoms with Crippen LogP contribution in [-0.4, -0.2) is 14.5 Å². The fourth-order valence-corrected chi connectivity index (χ4v) is 5.16. The summed E-state index contributed by atoms with van der Waals surface area (Å²) in [6.07, 6.45) is 0. The van der Waals surface area contributed by atoms with Crippen LogP contribution in [0.1, 0.15) is 5.01 Å². The topological polar surface area (TPSA) is 47.8 Å². The van der Waals surface area contributed by atoms with Gasteiger partial charge in [0.2, 0.25) is 0 Å². The summed E-state index contributed by atoms with van der Waals surface area (Å²) >= 11 is 2.85. The Morgan fingerprint density at radius 2 is 1.70 bits per heavy atom. The van der Waals surface area contributed by atoms with Gasteiger partial charge in [0.1, 0.15) is 16.6 Å². The SMILES string of the molecule is O=c1c2ccccc2nc(SCc2nc3ccccc3s2)n1-c1ccc(F)cc1F. The van der Waals surface area contributed by atoms with Crippen molar-refractivity contribution in [2.45, 2.75) is 10.9 Å². The Morgan fingerprint density at radius 1 is 0.933 bits per heavy atom. The summed E-state index contributed by atoms with van der Waals surface area (Å²) in [6.45, 7) is 0. The number of nitrogens with zero attached hydrogens (tertiary/aromatic N) is 3. The van der Waals surface area contributed by atoms with Crippen molar-refractivity contribution in [3.8, 4) is 5.69 Å². The van der Waals surface area contributed by atoms with E-state index in [1.165, 1.54) is 22.4 Å². The van der Waals surface area contributed by atoms with Crippen molar-refractivity contribution in [3.05, 3.63) is 93.7 Å². The van der Waals surface area contributed by atoms with Crippen LogP contribution in [0, 0.1) is 11.6 Å². The van der Waals surface area contributed by atoms with Crippen LogP contribution in [0.2, 0.25) is 0 Å². The smallest absolute Gasteiger partial charge is 0.266 e. The predicted molar refractivity (Wildman–Crippen MR) is 116 cm³/mol. The summed E-state index contributed by atoms with van der Waals surface area (Å²) in [6, 6.07) is 17.9. The van der Waals surface area contributed by atoms with Crippen molar-refractivity contribution >= 4 is 44.2 Å². The van der Waals surface area contributed by atoms with Gasteiger partial charge in [0.05, 0.1) is 32.6 Å². The van der Waals surface area contributed by atoms with E-state index in [0.29, 0.717) is 21.8 Å². The van der Waals surface area contributed by atoms with Gasteiger partial charge in [-0.15, -0.1) is 11.3 Å². The minimum atomic E-state index is -0.823. The molecule has 4 nitrogen and oxygen atoms in total. The summed E-state index contributed by atoms with van der Waals surface area (Å²) in [5.41, 5.74) is 0.990. The Bertz CT molecular complexity index is 1430. The maximum atomic E-state index is 14.6. The highest BCUT2D eigenvalue weighted by atomic mass is 32.2. The molecule has 0 bridgehead atoms. The summed E-state index contributed by atoms with van der Waals surface area (Å²) in [7, 11) is 0. The molecule has 0 atom stereocenters. The lowest BCUT2D eigenvalue weighted by atomic mass is 10.2. The highest BCUT2D eigenvalue weighted by molar-refractivity contribution is 7.98. The average molecular weight is 437 g/mol. The van der Waals surface area contributed by atoms with Crippen molar-refractivity contribution in [3.63, 3.8) is 0 Å². The number of hydrogen-bond donors (Lipinski definition) is 0. The zero-order valence-electron chi connectivity index (χ0n) is 15.4. The minimum absolute atomic E-state index is 0.0357. The zero-order chi connectivity index (χ0) is 20.7. The molecule has 0 aliphatic heterocycles. The number of thiazole rings is 1. The van der Waals surface area contributed by atoms with Crippen LogP contribution in [-0.2, 0) is 5.75 Å². The Morgan fingerprint density at radius 3 is 2.50 bits per heavy atom. The highest BCUT2D eigenvalue weighted by Crippen LogP contribution is 2.29. The maximum Gasteiger partial charge on any atom is 0.266 e. The number of para-hydroxylation sites is 2. The van der Waals surface area contributed by atoms with Crippen LogP contribution in [0.15, 0.2) is 76.7 Å². The van der Waals surface area contributed by atoms with Crippen LogP contribution in [0.3, 0.4) is 0 Å². The Labute approximate surface area is 177 Å². The van der Waals surface area contributed by atoms with Crippen LogP contribution in [0.4, 0.5) is 8.78 Å². The molecule has 5 aromatic rings. The lowest BCUT2D eigenvalue weighted by Crippen LogP contribution is -2.22. The molecule has 0 saturated carbocycles. The second kappa shape index (κ2) is 7.62. The van der Waals surface area contributed by atoms with Gasteiger partial charge in [-0.3, -0.25) is 9.36 Å². The second-order valence-electron chi connectivity index (χ2n) is 6.51. The molecule has 0 aliphatic carbocycles. The molecule has 8 heteroatoms. The molecule has 30 heavy (non-hydrogen) atoms. The number of rotatable bonds is 4. The first-order valence-corrected chi connectivity index (χ1v) is 10.8. The molecular formula is C22H13F2N3OS2. The highest BCUT2D eigenvalue weighted by Gasteiger charge is 2.17. The molecule has 5 rings (SSSR count). The van der Waals surface area contributed by atoms with Gasteiger partial charge in [0.25, 0.3) is 5.56 Å². The van der Waals surface area contributed by atoms with E-state index >= 15 is 0 Å². The van der Waals surface area contributed by atoms with E-state index in [4.69, 9.17) is 0 Å². The van der Waals surface area contributed by atoms with Gasteiger partial charge in [-0.05, 0) is 36.4 Å². The Kier molecular flexibility index (Phi) is 4.80. The van der Waals surface area contributed by atoms with Gasteiger partial charge in [0, 0.05) is 6.07 Å². The van der Waals surface area contributed by atoms with Crippen LogP contribution in [0.5, 0.6) is 0 Å². The van der Waals surface area contributed by atoms with Gasteiger partial charge in [-0.2, -0.15) is 0 Å². The Hall–Kier alpha value is -3.10. The lowest BCUT2D eigenvalue weighted by Gasteiger charge is -2.13. The summed E-state index contributed by atoms with van der Waals surface area (Å²) in [5, 5.41) is 1.56. The number of halogens is 2. The number of hydrogen-bond acceptors (Lipinski definition) is 5. The van der Waals surface area contributed by atoms with E-state index in [-0.39, 0.29) is 5.69 Å². The van der Waals surface area contributed by atoms with Crippen LogP contribution >= 0.6 is 23.1 Å². The second-order valence-corrected chi connectivity index (χ2v) is 8.57. The molecule has 0 unspecified atom stereocenters. The molecule has 2 aromatic heterocycles. The summed E-state index contributed by atoms with van der Waals surface area (Å²) in [4.78, 5) is 22.4. The number of benzene rings is 3. The quantitative estimate of drug-likeness (QED) is 0.273. The van der Waals surface area contributed by atoms with Gasteiger partial charge in [-0.25, -0.2) is 18.7 Å². The molecule has 3 aromatic carbocycles. The van der Waals surface area contributed by atoms with Crippen LogP contribution in [0.25, 0.3) is 26.8 Å². The first-order chi connectivity index (χ1) is 14.6. The van der Waals surface area contributed by atoms with Crippen molar-refractivity contribution in [2.75, 3.05) is 0 Å². The standard InChI is InChI=1S/C22H13F2N3OS2/c23-13-9-10-18(15(24)11-13)27-21(28)14-5-1-2-6-16(14)26-22(27)29-12-20-25-17-7-3-4-8-19(17)30-20/h1-11H,12H2. The molecule has 0 radical (unpaired) electrons. The first kappa shape index (κ1) is 18.9. The number of thioether (sulfide) groups is 1. The van der Waals surface area contributed by atoms with E-state index in [9.17, 15) is 13.6 Å². The molecule has 0 saturated heterocycles. The monoisotopic (exact) mass is 437 g/mol. The van der Waals surface area contributed by atoms with Crippen molar-refractivity contribution < 1.29 is 8.78 Å². The fourth-order valence-electron chi connectivity index (χ4n) is 3.19. The normalized spacial score (nSPS) is 11.4. The van der Waals surface area contributed by atoms with E-state index in [1.54, 1.807) is 35.6 Å². The maximum absolute atomic E-state index is 14.6. The molecule has 0 amide bonds. The van der Waals surface area contributed by atoms with Gasteiger partial charge < -0.3 is 0 Å². The van der Waals surface area contributed by atoms with E-state index in [1.807, 2.05) is 24.3 Å². The van der Waals surface area contributed by atoms with E-state index in [2.05, 4.69) is 9.97 Å². The zero-order valence-corrected chi connectivity index (χ0v) is 17.0. The first-order valence-electron chi connectivity index (χ1n) is 9.04. The minimum Gasteiger partial charge on any atom is -0.268 e. The van der Waals surface area contributed by atoms with Crippen molar-refractivity contribution in [1.82, 2.24) is 14.5 Å². The molecule has 0 spiro atoms. The van der Waals surface area contributed by atoms with Crippen LogP contribution < -0.4 is 5.56 Å². The average Bonchev–Trinajstić information content (AvgIpc) is 3.16. The Balaban J connectivity index is 1.63. The largest absolute Gasteiger partial charge is 0.268 e. The summed E-state index contributed by atoms with van der Waals surface area (Å²) in [5.74, 6) is -1.06. The lowest BCUT2D eigenvalue weighted by molar-refractivity contribution is 0.572. The van der Waals surface area contributed by atoms with Crippen molar-refractivity contribution in [1.29, 1.82) is 0 Å². The molecule has 0 fully saturated rings. The molecule has 0 aliphatic rings. The van der Waals surface area contributed by atoms with E-state index < -0.39 is 17.2 Å². The van der Waals surface area contributed by atoms with Gasteiger partial charge in [-0.1, -0.05) is 36.0 Å². The van der Waals surface area contributed by atoms with Gasteiger partial charge in [0.15, 0.2) is 5.16 Å². The number of aromatic nitrogens is 3. The van der Waals surface area contributed by atoms with Gasteiger partial charge >= 0.3 is 0 Å².